The summed E-state index contributed by atoms with van der Waals surface area (Å²) in [6.45, 7) is 2.05. The molecule has 1 aliphatic carbocycles. The van der Waals surface area contributed by atoms with Crippen molar-refractivity contribution in [2.75, 3.05) is 19.4 Å². The maximum atomic E-state index is 5.75. The fourth-order valence-electron chi connectivity index (χ4n) is 2.81. The number of hydrogen-bond donors (Lipinski definition) is 1. The number of nitrogens with one attached hydrogen (secondary N) is 1. The van der Waals surface area contributed by atoms with Gasteiger partial charge in [0.15, 0.2) is 0 Å². The third-order valence-corrected chi connectivity index (χ3v) is 4.96. The van der Waals surface area contributed by atoms with Crippen molar-refractivity contribution in [2.24, 2.45) is 0 Å². The van der Waals surface area contributed by atoms with Crippen LogP contribution in [0, 0.1) is 0 Å². The molecule has 16 heavy (non-hydrogen) atoms. The van der Waals surface area contributed by atoms with Gasteiger partial charge in [-0.15, -0.1) is 0 Å². The van der Waals surface area contributed by atoms with E-state index in [0.29, 0.717) is 6.10 Å². The van der Waals surface area contributed by atoms with E-state index in [-0.39, 0.29) is 0 Å². The zero-order chi connectivity index (χ0) is 11.2. The molecule has 0 amide bonds. The Kier molecular flexibility index (Phi) is 5.46. The van der Waals surface area contributed by atoms with Crippen LogP contribution >= 0.6 is 11.8 Å². The van der Waals surface area contributed by atoms with Gasteiger partial charge in [-0.1, -0.05) is 6.42 Å². The van der Waals surface area contributed by atoms with Gasteiger partial charge in [-0.3, -0.25) is 0 Å². The van der Waals surface area contributed by atoms with Crippen molar-refractivity contribution in [2.45, 2.75) is 62.3 Å². The summed E-state index contributed by atoms with van der Waals surface area (Å²) in [5.41, 5.74) is 0. The normalized spacial score (nSPS) is 36.2. The van der Waals surface area contributed by atoms with Crippen molar-refractivity contribution in [3.05, 3.63) is 0 Å². The Hall–Kier alpha value is 0.270. The van der Waals surface area contributed by atoms with Crippen LogP contribution in [0.2, 0.25) is 0 Å². The molecule has 0 radical (unpaired) electrons. The number of thioether (sulfide) groups is 1. The van der Waals surface area contributed by atoms with Crippen LogP contribution in [0.15, 0.2) is 0 Å². The van der Waals surface area contributed by atoms with Gasteiger partial charge in [-0.05, 0) is 44.8 Å². The fourth-order valence-corrected chi connectivity index (χ4v) is 3.64. The van der Waals surface area contributed by atoms with E-state index in [2.05, 4.69) is 11.6 Å². The predicted octanol–water partition coefficient (Wildman–Crippen LogP) is 2.82. The zero-order valence-corrected chi connectivity index (χ0v) is 11.2. The molecule has 2 fully saturated rings. The van der Waals surface area contributed by atoms with Gasteiger partial charge in [0.1, 0.15) is 0 Å². The highest BCUT2D eigenvalue weighted by Gasteiger charge is 2.22. The highest BCUT2D eigenvalue weighted by Crippen LogP contribution is 2.27. The molecule has 0 aromatic carbocycles. The first-order chi connectivity index (χ1) is 7.88. The minimum Gasteiger partial charge on any atom is -0.377 e. The molecule has 1 saturated carbocycles. The van der Waals surface area contributed by atoms with Crippen LogP contribution in [-0.2, 0) is 4.74 Å². The third kappa shape index (κ3) is 3.94. The van der Waals surface area contributed by atoms with Gasteiger partial charge in [0, 0.05) is 24.4 Å². The van der Waals surface area contributed by atoms with E-state index < -0.39 is 0 Å². The van der Waals surface area contributed by atoms with Gasteiger partial charge in [0.25, 0.3) is 0 Å². The summed E-state index contributed by atoms with van der Waals surface area (Å²) >= 11 is 2.04. The fraction of sp³-hybridized carbons (Fsp3) is 1.00. The summed E-state index contributed by atoms with van der Waals surface area (Å²) in [6.07, 6.45) is 12.1. The average molecular weight is 243 g/mol. The standard InChI is InChI=1S/C13H25NOS/c1-16-13-7-4-5-11(9-13)14-10-12-6-2-3-8-15-12/h11-14H,2-10H2,1H3. The summed E-state index contributed by atoms with van der Waals surface area (Å²) in [4.78, 5) is 0. The molecule has 3 atom stereocenters. The topological polar surface area (TPSA) is 21.3 Å². The van der Waals surface area contributed by atoms with Crippen molar-refractivity contribution >= 4 is 11.8 Å². The highest BCUT2D eigenvalue weighted by atomic mass is 32.2. The average Bonchev–Trinajstić information content (AvgIpc) is 2.38. The van der Waals surface area contributed by atoms with Gasteiger partial charge in [-0.2, -0.15) is 11.8 Å². The van der Waals surface area contributed by atoms with E-state index in [1.807, 2.05) is 11.8 Å². The Balaban J connectivity index is 1.64. The number of hydrogen-bond acceptors (Lipinski definition) is 3. The molecule has 2 aliphatic rings. The van der Waals surface area contributed by atoms with Gasteiger partial charge in [0.2, 0.25) is 0 Å². The minimum absolute atomic E-state index is 0.489. The monoisotopic (exact) mass is 243 g/mol. The molecule has 3 heteroatoms. The Morgan fingerprint density at radius 2 is 2.12 bits per heavy atom. The minimum atomic E-state index is 0.489. The van der Waals surface area contributed by atoms with Crippen LogP contribution in [0.25, 0.3) is 0 Å². The van der Waals surface area contributed by atoms with Crippen LogP contribution in [0.5, 0.6) is 0 Å². The molecule has 1 saturated heterocycles. The van der Waals surface area contributed by atoms with Crippen LogP contribution in [0.3, 0.4) is 0 Å². The first kappa shape index (κ1) is 12.7. The molecule has 1 heterocycles. The van der Waals surface area contributed by atoms with Crippen LogP contribution < -0.4 is 5.32 Å². The summed E-state index contributed by atoms with van der Waals surface area (Å²) < 4.78 is 5.75. The lowest BCUT2D eigenvalue weighted by atomic mass is 9.94. The maximum absolute atomic E-state index is 5.75. The maximum Gasteiger partial charge on any atom is 0.0699 e. The van der Waals surface area contributed by atoms with Gasteiger partial charge >= 0.3 is 0 Å². The lowest BCUT2D eigenvalue weighted by Crippen LogP contribution is -2.41. The van der Waals surface area contributed by atoms with Crippen molar-refractivity contribution < 1.29 is 4.74 Å². The SMILES string of the molecule is CSC1CCCC(NCC2CCCCO2)C1. The lowest BCUT2D eigenvalue weighted by Gasteiger charge is -2.31. The van der Waals surface area contributed by atoms with E-state index in [4.69, 9.17) is 4.74 Å². The van der Waals surface area contributed by atoms with Gasteiger partial charge < -0.3 is 10.1 Å². The second-order valence-corrected chi connectivity index (χ2v) is 6.26. The van der Waals surface area contributed by atoms with E-state index >= 15 is 0 Å². The quantitative estimate of drug-likeness (QED) is 0.820. The lowest BCUT2D eigenvalue weighted by molar-refractivity contribution is 0.0147. The molecule has 1 N–H and O–H groups in total. The molecule has 0 aromatic rings. The summed E-state index contributed by atoms with van der Waals surface area (Å²) in [5.74, 6) is 0. The van der Waals surface area contributed by atoms with Crippen LogP contribution in [0.4, 0.5) is 0 Å². The molecule has 2 nitrogen and oxygen atoms in total. The van der Waals surface area contributed by atoms with Gasteiger partial charge in [-0.25, -0.2) is 0 Å². The van der Waals surface area contributed by atoms with Crippen molar-refractivity contribution in [3.63, 3.8) is 0 Å². The summed E-state index contributed by atoms with van der Waals surface area (Å²) in [7, 11) is 0. The molecule has 0 aromatic heterocycles. The molecule has 3 unspecified atom stereocenters. The molecule has 1 aliphatic heterocycles. The van der Waals surface area contributed by atoms with Gasteiger partial charge in [0.05, 0.1) is 6.10 Å². The first-order valence-electron chi connectivity index (χ1n) is 6.76. The molecule has 0 bridgehead atoms. The van der Waals surface area contributed by atoms with Crippen molar-refractivity contribution in [1.82, 2.24) is 5.32 Å². The van der Waals surface area contributed by atoms with Crippen molar-refractivity contribution in [3.8, 4) is 0 Å². The Labute approximate surface area is 104 Å². The molecule has 2 rings (SSSR count). The third-order valence-electron chi connectivity index (χ3n) is 3.87. The number of ether oxygens (including phenoxy) is 1. The summed E-state index contributed by atoms with van der Waals surface area (Å²) in [5, 5.41) is 4.60. The zero-order valence-electron chi connectivity index (χ0n) is 10.4. The molecule has 0 spiro atoms. The smallest absolute Gasteiger partial charge is 0.0699 e. The number of rotatable bonds is 4. The first-order valence-corrected chi connectivity index (χ1v) is 8.05. The largest absolute Gasteiger partial charge is 0.377 e. The van der Waals surface area contributed by atoms with Crippen LogP contribution in [-0.4, -0.2) is 36.8 Å². The molecular weight excluding hydrogens is 218 g/mol. The van der Waals surface area contributed by atoms with Crippen molar-refractivity contribution in [1.29, 1.82) is 0 Å². The Bertz CT molecular complexity index is 194. The molecule has 94 valence electrons. The Morgan fingerprint density at radius 3 is 2.88 bits per heavy atom. The summed E-state index contributed by atoms with van der Waals surface area (Å²) in [6, 6.07) is 0.747. The van der Waals surface area contributed by atoms with E-state index in [9.17, 15) is 0 Å². The predicted molar refractivity (Wildman–Crippen MR) is 71.2 cm³/mol. The van der Waals surface area contributed by atoms with E-state index in [1.165, 1.54) is 44.9 Å². The Morgan fingerprint density at radius 1 is 1.19 bits per heavy atom. The van der Waals surface area contributed by atoms with E-state index in [1.54, 1.807) is 0 Å². The molecular formula is C13H25NOS. The second kappa shape index (κ2) is 6.87. The second-order valence-electron chi connectivity index (χ2n) is 5.12. The highest BCUT2D eigenvalue weighted by molar-refractivity contribution is 7.99. The van der Waals surface area contributed by atoms with Crippen LogP contribution in [0.1, 0.15) is 44.9 Å². The van der Waals surface area contributed by atoms with E-state index in [0.717, 1.165) is 24.4 Å².